The van der Waals surface area contributed by atoms with Crippen molar-refractivity contribution in [1.29, 1.82) is 0 Å². The van der Waals surface area contributed by atoms with E-state index in [4.69, 9.17) is 13.9 Å². The SMILES string of the molecule is CCOC(=O)C1CC(O[Si](C)(C)C)=CCN1c1ccc(OC)cc1. The molecular formula is C18H27NO4Si. The quantitative estimate of drug-likeness (QED) is 0.580. The number of carbonyl (C=O) groups is 1. The summed E-state index contributed by atoms with van der Waals surface area (Å²) >= 11 is 0. The lowest BCUT2D eigenvalue weighted by atomic mass is 10.1. The highest BCUT2D eigenvalue weighted by Gasteiger charge is 2.33. The van der Waals surface area contributed by atoms with Crippen molar-refractivity contribution in [3.05, 3.63) is 36.1 Å². The average Bonchev–Trinajstić information content (AvgIpc) is 2.54. The zero-order valence-electron chi connectivity index (χ0n) is 15.2. The molecule has 0 aliphatic carbocycles. The predicted molar refractivity (Wildman–Crippen MR) is 97.9 cm³/mol. The molecular weight excluding hydrogens is 322 g/mol. The van der Waals surface area contributed by atoms with E-state index in [1.54, 1.807) is 7.11 Å². The zero-order chi connectivity index (χ0) is 17.7. The number of benzene rings is 1. The summed E-state index contributed by atoms with van der Waals surface area (Å²) in [5, 5.41) is 0. The number of anilines is 1. The Hall–Kier alpha value is -1.95. The van der Waals surface area contributed by atoms with Crippen LogP contribution in [0.25, 0.3) is 0 Å². The van der Waals surface area contributed by atoms with E-state index in [1.807, 2.05) is 31.2 Å². The second-order valence-electron chi connectivity index (χ2n) is 6.71. The first-order valence-electron chi connectivity index (χ1n) is 8.29. The highest BCUT2D eigenvalue weighted by Crippen LogP contribution is 2.29. The zero-order valence-corrected chi connectivity index (χ0v) is 16.2. The van der Waals surface area contributed by atoms with E-state index < -0.39 is 8.32 Å². The molecule has 0 saturated heterocycles. The molecule has 24 heavy (non-hydrogen) atoms. The van der Waals surface area contributed by atoms with E-state index in [0.717, 1.165) is 17.2 Å². The van der Waals surface area contributed by atoms with Crippen LogP contribution < -0.4 is 9.64 Å². The fraction of sp³-hybridized carbons (Fsp3) is 0.500. The van der Waals surface area contributed by atoms with Gasteiger partial charge in [-0.3, -0.25) is 0 Å². The lowest BCUT2D eigenvalue weighted by Crippen LogP contribution is -2.46. The highest BCUT2D eigenvalue weighted by atomic mass is 28.4. The third-order valence-electron chi connectivity index (χ3n) is 3.69. The van der Waals surface area contributed by atoms with Crippen LogP contribution in [-0.2, 0) is 14.0 Å². The van der Waals surface area contributed by atoms with Crippen LogP contribution in [0.3, 0.4) is 0 Å². The number of rotatable bonds is 6. The van der Waals surface area contributed by atoms with Crippen LogP contribution in [0.1, 0.15) is 13.3 Å². The summed E-state index contributed by atoms with van der Waals surface area (Å²) in [5.41, 5.74) is 0.970. The van der Waals surface area contributed by atoms with Gasteiger partial charge in [0.05, 0.1) is 19.5 Å². The summed E-state index contributed by atoms with van der Waals surface area (Å²) in [7, 11) is -0.0577. The van der Waals surface area contributed by atoms with E-state index >= 15 is 0 Å². The number of methoxy groups -OCH3 is 1. The van der Waals surface area contributed by atoms with Crippen LogP contribution in [0.5, 0.6) is 5.75 Å². The minimum Gasteiger partial charge on any atom is -0.547 e. The summed E-state index contributed by atoms with van der Waals surface area (Å²) in [6, 6.07) is 7.35. The van der Waals surface area contributed by atoms with E-state index in [9.17, 15) is 4.79 Å². The molecule has 0 N–H and O–H groups in total. The molecule has 5 nitrogen and oxygen atoms in total. The maximum absolute atomic E-state index is 12.5. The molecule has 1 aliphatic heterocycles. The Morgan fingerprint density at radius 2 is 1.92 bits per heavy atom. The Kier molecular flexibility index (Phi) is 5.93. The first kappa shape index (κ1) is 18.4. The normalized spacial score (nSPS) is 18.0. The number of ether oxygens (including phenoxy) is 2. The summed E-state index contributed by atoms with van der Waals surface area (Å²) < 4.78 is 16.6. The molecule has 1 heterocycles. The van der Waals surface area contributed by atoms with E-state index in [2.05, 4.69) is 30.6 Å². The third-order valence-corrected chi connectivity index (χ3v) is 4.56. The van der Waals surface area contributed by atoms with Crippen molar-refractivity contribution in [1.82, 2.24) is 0 Å². The standard InChI is InChI=1S/C18H27NO4Si/c1-6-22-18(20)17-13-16(23-24(3,4)5)11-12-19(17)14-7-9-15(21-2)10-8-14/h7-11,17H,6,12-13H2,1-5H3. The molecule has 0 fully saturated rings. The van der Waals surface area contributed by atoms with Crippen LogP contribution in [0.15, 0.2) is 36.1 Å². The molecule has 0 saturated carbocycles. The van der Waals surface area contributed by atoms with Crippen molar-refractivity contribution >= 4 is 20.0 Å². The van der Waals surface area contributed by atoms with Crippen LogP contribution in [0, 0.1) is 0 Å². The van der Waals surface area contributed by atoms with Gasteiger partial charge in [-0.05, 0) is 56.9 Å². The van der Waals surface area contributed by atoms with Gasteiger partial charge in [-0.1, -0.05) is 0 Å². The molecule has 0 radical (unpaired) electrons. The molecule has 1 aromatic rings. The van der Waals surface area contributed by atoms with Crippen LogP contribution in [0.2, 0.25) is 19.6 Å². The Labute approximate surface area is 145 Å². The predicted octanol–water partition coefficient (Wildman–Crippen LogP) is 3.57. The van der Waals surface area contributed by atoms with E-state index in [1.165, 1.54) is 0 Å². The number of carbonyl (C=O) groups excluding carboxylic acids is 1. The third kappa shape index (κ3) is 4.77. The average molecular weight is 350 g/mol. The summed E-state index contributed by atoms with van der Waals surface area (Å²) in [6.45, 7) is 9.25. The Balaban J connectivity index is 2.24. The molecule has 1 aliphatic rings. The first-order chi connectivity index (χ1) is 11.3. The number of esters is 1. The molecule has 0 spiro atoms. The maximum Gasteiger partial charge on any atom is 0.329 e. The van der Waals surface area contributed by atoms with Gasteiger partial charge in [0.1, 0.15) is 11.8 Å². The van der Waals surface area contributed by atoms with Gasteiger partial charge >= 0.3 is 5.97 Å². The van der Waals surface area contributed by atoms with Crippen molar-refractivity contribution in [2.45, 2.75) is 39.0 Å². The number of hydrogen-bond acceptors (Lipinski definition) is 5. The first-order valence-corrected chi connectivity index (χ1v) is 11.7. The van der Waals surface area contributed by atoms with Crippen molar-refractivity contribution in [2.24, 2.45) is 0 Å². The molecule has 1 atom stereocenters. The molecule has 0 bridgehead atoms. The number of nitrogens with zero attached hydrogens (tertiary/aromatic N) is 1. The van der Waals surface area contributed by atoms with Crippen molar-refractivity contribution in [2.75, 3.05) is 25.2 Å². The van der Waals surface area contributed by atoms with Crippen molar-refractivity contribution in [3.8, 4) is 5.75 Å². The van der Waals surface area contributed by atoms with Crippen molar-refractivity contribution < 1.29 is 18.7 Å². The summed E-state index contributed by atoms with van der Waals surface area (Å²) in [5.74, 6) is 1.48. The Morgan fingerprint density at radius 3 is 2.46 bits per heavy atom. The Morgan fingerprint density at radius 1 is 1.25 bits per heavy atom. The van der Waals surface area contributed by atoms with Crippen LogP contribution >= 0.6 is 0 Å². The lowest BCUT2D eigenvalue weighted by Gasteiger charge is -2.36. The fourth-order valence-electron chi connectivity index (χ4n) is 2.70. The van der Waals surface area contributed by atoms with E-state index in [-0.39, 0.29) is 12.0 Å². The highest BCUT2D eigenvalue weighted by molar-refractivity contribution is 6.70. The molecule has 0 amide bonds. The minimum atomic E-state index is -1.70. The minimum absolute atomic E-state index is 0.210. The second kappa shape index (κ2) is 7.74. The van der Waals surface area contributed by atoms with Crippen LogP contribution in [-0.4, -0.2) is 40.6 Å². The maximum atomic E-state index is 12.5. The molecule has 2 rings (SSSR count). The molecule has 0 aromatic heterocycles. The van der Waals surface area contributed by atoms with Gasteiger partial charge in [0.25, 0.3) is 0 Å². The molecule has 6 heteroatoms. The second-order valence-corrected chi connectivity index (χ2v) is 11.1. The molecule has 1 unspecified atom stereocenters. The smallest absolute Gasteiger partial charge is 0.329 e. The van der Waals surface area contributed by atoms with Crippen LogP contribution in [0.4, 0.5) is 5.69 Å². The van der Waals surface area contributed by atoms with Gasteiger partial charge in [0.2, 0.25) is 8.32 Å². The largest absolute Gasteiger partial charge is 0.547 e. The van der Waals surface area contributed by atoms with Gasteiger partial charge < -0.3 is 18.8 Å². The monoisotopic (exact) mass is 349 g/mol. The van der Waals surface area contributed by atoms with Gasteiger partial charge in [-0.2, -0.15) is 0 Å². The number of hydrogen-bond donors (Lipinski definition) is 0. The molecule has 132 valence electrons. The summed E-state index contributed by atoms with van der Waals surface area (Å²) in [4.78, 5) is 14.5. The Bertz CT molecular complexity index is 592. The van der Waals surface area contributed by atoms with Crippen molar-refractivity contribution in [3.63, 3.8) is 0 Å². The van der Waals surface area contributed by atoms with Gasteiger partial charge in [-0.15, -0.1) is 0 Å². The fourth-order valence-corrected chi connectivity index (χ4v) is 3.65. The van der Waals surface area contributed by atoms with Gasteiger partial charge in [0, 0.05) is 18.7 Å². The molecule has 1 aromatic carbocycles. The lowest BCUT2D eigenvalue weighted by molar-refractivity contribution is -0.145. The van der Waals surface area contributed by atoms with Gasteiger partial charge in [-0.25, -0.2) is 4.79 Å². The summed E-state index contributed by atoms with van der Waals surface area (Å²) in [6.07, 6.45) is 2.60. The topological polar surface area (TPSA) is 48.0 Å². The van der Waals surface area contributed by atoms with Gasteiger partial charge in [0.15, 0.2) is 0 Å². The van der Waals surface area contributed by atoms with E-state index in [0.29, 0.717) is 19.6 Å².